The van der Waals surface area contributed by atoms with Crippen LogP contribution in [-0.4, -0.2) is 11.6 Å². The summed E-state index contributed by atoms with van der Waals surface area (Å²) in [6, 6.07) is 22.8. The standard InChI is InChI=1S/C28H25BrN2O2/c1-28(2)15-23-25(24(32)16-28)26(17-8-11-20(29)12-9-17)31-21-13-10-19(14-22(21)30-23)27(33)18-6-4-3-5-7-18/h3-14,26,30-31H,15-16H2,1-2H3/t26-/m0/s1. The van der Waals surface area contributed by atoms with E-state index in [0.717, 1.165) is 39.1 Å². The number of nitrogens with one attached hydrogen (secondary N) is 2. The largest absolute Gasteiger partial charge is 0.372 e. The molecule has 5 rings (SSSR count). The first-order valence-electron chi connectivity index (χ1n) is 11.1. The van der Waals surface area contributed by atoms with Gasteiger partial charge in [-0.2, -0.15) is 0 Å². The first-order chi connectivity index (χ1) is 15.8. The number of ketones is 2. The van der Waals surface area contributed by atoms with Crippen molar-refractivity contribution in [3.8, 4) is 0 Å². The molecule has 33 heavy (non-hydrogen) atoms. The van der Waals surface area contributed by atoms with Crippen LogP contribution in [0.15, 0.2) is 88.5 Å². The summed E-state index contributed by atoms with van der Waals surface area (Å²) in [5.41, 5.74) is 5.55. The summed E-state index contributed by atoms with van der Waals surface area (Å²) in [6.07, 6.45) is 1.27. The van der Waals surface area contributed by atoms with Gasteiger partial charge in [-0.3, -0.25) is 9.59 Å². The summed E-state index contributed by atoms with van der Waals surface area (Å²) in [5, 5.41) is 7.13. The number of hydrogen-bond donors (Lipinski definition) is 2. The third-order valence-electron chi connectivity index (χ3n) is 6.32. The maximum absolute atomic E-state index is 13.4. The van der Waals surface area contributed by atoms with Crippen LogP contribution < -0.4 is 10.6 Å². The molecule has 0 saturated heterocycles. The Morgan fingerprint density at radius 3 is 2.36 bits per heavy atom. The first-order valence-corrected chi connectivity index (χ1v) is 11.9. The summed E-state index contributed by atoms with van der Waals surface area (Å²) >= 11 is 3.50. The van der Waals surface area contributed by atoms with E-state index < -0.39 is 0 Å². The Hall–Kier alpha value is -3.18. The Balaban J connectivity index is 1.60. The molecule has 0 aromatic heterocycles. The second kappa shape index (κ2) is 8.31. The van der Waals surface area contributed by atoms with Gasteiger partial charge in [0.25, 0.3) is 0 Å². The predicted octanol–water partition coefficient (Wildman–Crippen LogP) is 6.90. The summed E-state index contributed by atoms with van der Waals surface area (Å²) in [7, 11) is 0. The van der Waals surface area contributed by atoms with Gasteiger partial charge in [0.2, 0.25) is 0 Å². The molecule has 0 radical (unpaired) electrons. The summed E-state index contributed by atoms with van der Waals surface area (Å²) in [6.45, 7) is 4.25. The van der Waals surface area contributed by atoms with E-state index in [-0.39, 0.29) is 23.0 Å². The summed E-state index contributed by atoms with van der Waals surface area (Å²) in [4.78, 5) is 26.4. The fourth-order valence-electron chi connectivity index (χ4n) is 4.75. The van der Waals surface area contributed by atoms with Crippen molar-refractivity contribution in [3.05, 3.63) is 105 Å². The van der Waals surface area contributed by atoms with Crippen LogP contribution in [0.25, 0.3) is 0 Å². The SMILES string of the molecule is CC1(C)CC(=O)C2=C(C1)Nc1cc(C(=O)c3ccccc3)ccc1N[C@H]2c1ccc(Br)cc1. The average Bonchev–Trinajstić information content (AvgIpc) is 2.95. The zero-order valence-corrected chi connectivity index (χ0v) is 20.2. The van der Waals surface area contributed by atoms with Gasteiger partial charge in [0.15, 0.2) is 11.6 Å². The third kappa shape index (κ3) is 4.25. The second-order valence-electron chi connectivity index (χ2n) is 9.54. The highest BCUT2D eigenvalue weighted by Crippen LogP contribution is 2.45. The molecule has 1 aliphatic heterocycles. The minimum absolute atomic E-state index is 0.0249. The molecule has 0 spiro atoms. The molecule has 3 aromatic rings. The molecule has 1 heterocycles. The van der Waals surface area contributed by atoms with Crippen LogP contribution in [0.3, 0.4) is 0 Å². The lowest BCUT2D eigenvalue weighted by Gasteiger charge is -2.34. The van der Waals surface area contributed by atoms with Crippen LogP contribution in [0.5, 0.6) is 0 Å². The van der Waals surface area contributed by atoms with E-state index in [1.807, 2.05) is 72.8 Å². The van der Waals surface area contributed by atoms with Crippen molar-refractivity contribution in [3.63, 3.8) is 0 Å². The van der Waals surface area contributed by atoms with Crippen LogP contribution in [-0.2, 0) is 4.79 Å². The minimum atomic E-state index is -0.263. The molecule has 1 aliphatic carbocycles. The Bertz CT molecular complexity index is 1280. The fraction of sp³-hybridized carbons (Fsp3) is 0.214. The van der Waals surface area contributed by atoms with E-state index in [2.05, 4.69) is 40.4 Å². The minimum Gasteiger partial charge on any atom is -0.372 e. The van der Waals surface area contributed by atoms with E-state index in [4.69, 9.17) is 0 Å². The van der Waals surface area contributed by atoms with Crippen molar-refractivity contribution in [2.75, 3.05) is 10.6 Å². The summed E-state index contributed by atoms with van der Waals surface area (Å²) < 4.78 is 0.993. The molecule has 3 aromatic carbocycles. The van der Waals surface area contributed by atoms with Gasteiger partial charge in [-0.05, 0) is 47.7 Å². The first kappa shape index (κ1) is 21.7. The molecule has 4 nitrogen and oxygen atoms in total. The van der Waals surface area contributed by atoms with Gasteiger partial charge >= 0.3 is 0 Å². The lowest BCUT2D eigenvalue weighted by molar-refractivity contribution is -0.118. The van der Waals surface area contributed by atoms with Gasteiger partial charge in [-0.15, -0.1) is 0 Å². The van der Waals surface area contributed by atoms with E-state index in [1.54, 1.807) is 0 Å². The zero-order chi connectivity index (χ0) is 23.2. The molecule has 0 amide bonds. The number of carbonyl (C=O) groups is 2. The number of allylic oxidation sites excluding steroid dienone is 1. The molecule has 2 N–H and O–H groups in total. The van der Waals surface area contributed by atoms with Gasteiger partial charge in [-0.1, -0.05) is 72.2 Å². The highest BCUT2D eigenvalue weighted by molar-refractivity contribution is 9.10. The molecule has 0 fully saturated rings. The van der Waals surface area contributed by atoms with Gasteiger partial charge in [0, 0.05) is 33.3 Å². The molecule has 1 atom stereocenters. The van der Waals surface area contributed by atoms with Crippen molar-refractivity contribution in [2.45, 2.75) is 32.7 Å². The van der Waals surface area contributed by atoms with Gasteiger partial charge < -0.3 is 10.6 Å². The van der Waals surface area contributed by atoms with Crippen molar-refractivity contribution in [1.82, 2.24) is 0 Å². The molecule has 0 unspecified atom stereocenters. The van der Waals surface area contributed by atoms with Crippen LogP contribution >= 0.6 is 15.9 Å². The van der Waals surface area contributed by atoms with Crippen molar-refractivity contribution < 1.29 is 9.59 Å². The van der Waals surface area contributed by atoms with Crippen LogP contribution in [0, 0.1) is 5.41 Å². The zero-order valence-electron chi connectivity index (χ0n) is 18.6. The Labute approximate surface area is 202 Å². The Kier molecular flexibility index (Phi) is 5.45. The number of anilines is 2. The number of carbonyl (C=O) groups excluding carboxylic acids is 2. The van der Waals surface area contributed by atoms with Crippen molar-refractivity contribution in [1.29, 1.82) is 0 Å². The lowest BCUT2D eigenvalue weighted by Crippen LogP contribution is -2.31. The Morgan fingerprint density at radius 1 is 0.909 bits per heavy atom. The number of fused-ring (bicyclic) bond motifs is 1. The number of halogens is 1. The van der Waals surface area contributed by atoms with Crippen LogP contribution in [0.4, 0.5) is 11.4 Å². The van der Waals surface area contributed by atoms with Gasteiger partial charge in [0.05, 0.1) is 17.4 Å². The van der Waals surface area contributed by atoms with Crippen molar-refractivity contribution >= 4 is 38.9 Å². The highest BCUT2D eigenvalue weighted by atomic mass is 79.9. The molecular formula is C28H25BrN2O2. The predicted molar refractivity (Wildman–Crippen MR) is 135 cm³/mol. The van der Waals surface area contributed by atoms with Crippen LogP contribution in [0.2, 0.25) is 0 Å². The van der Waals surface area contributed by atoms with Crippen LogP contribution in [0.1, 0.15) is 54.2 Å². The fourth-order valence-corrected chi connectivity index (χ4v) is 5.01. The topological polar surface area (TPSA) is 58.2 Å². The number of benzene rings is 3. The van der Waals surface area contributed by atoms with E-state index >= 15 is 0 Å². The number of Topliss-reactive ketones (excluding diaryl/α,β-unsaturated/α-hetero) is 1. The normalized spacial score (nSPS) is 19.0. The van der Waals surface area contributed by atoms with Gasteiger partial charge in [0.1, 0.15) is 0 Å². The second-order valence-corrected chi connectivity index (χ2v) is 10.5. The van der Waals surface area contributed by atoms with Crippen molar-refractivity contribution in [2.24, 2.45) is 5.41 Å². The van der Waals surface area contributed by atoms with E-state index in [9.17, 15) is 9.59 Å². The lowest BCUT2D eigenvalue weighted by atomic mass is 9.73. The quantitative estimate of drug-likeness (QED) is 0.384. The molecule has 166 valence electrons. The Morgan fingerprint density at radius 2 is 1.64 bits per heavy atom. The van der Waals surface area contributed by atoms with Gasteiger partial charge in [-0.25, -0.2) is 0 Å². The maximum atomic E-state index is 13.4. The monoisotopic (exact) mass is 500 g/mol. The highest BCUT2D eigenvalue weighted by Gasteiger charge is 2.38. The molecule has 0 bridgehead atoms. The summed E-state index contributed by atoms with van der Waals surface area (Å²) in [5.74, 6) is 0.130. The molecular weight excluding hydrogens is 476 g/mol. The molecule has 5 heteroatoms. The average molecular weight is 501 g/mol. The maximum Gasteiger partial charge on any atom is 0.193 e. The number of hydrogen-bond acceptors (Lipinski definition) is 4. The van der Waals surface area contributed by atoms with E-state index in [1.165, 1.54) is 0 Å². The number of rotatable bonds is 3. The third-order valence-corrected chi connectivity index (χ3v) is 6.84. The molecule has 2 aliphatic rings. The molecule has 0 saturated carbocycles. The van der Waals surface area contributed by atoms with E-state index in [0.29, 0.717) is 17.5 Å². The smallest absolute Gasteiger partial charge is 0.193 e.